The van der Waals surface area contributed by atoms with Gasteiger partial charge in [0.15, 0.2) is 0 Å². The summed E-state index contributed by atoms with van der Waals surface area (Å²) in [5.41, 5.74) is -0.744. The minimum atomic E-state index is -0.500. The van der Waals surface area contributed by atoms with Crippen LogP contribution >= 0.6 is 11.6 Å². The van der Waals surface area contributed by atoms with Gasteiger partial charge in [-0.15, -0.1) is 21.9 Å². The van der Waals surface area contributed by atoms with Gasteiger partial charge in [0.2, 0.25) is 0 Å². The number of nitrogens with zero attached hydrogens (tertiary/aromatic N) is 2. The van der Waals surface area contributed by atoms with Crippen LogP contribution < -0.4 is 0 Å². The summed E-state index contributed by atoms with van der Waals surface area (Å²) in [6.07, 6.45) is 3.39. The van der Waals surface area contributed by atoms with Crippen molar-refractivity contribution in [2.45, 2.75) is 83.5 Å². The molecule has 0 amide bonds. The molecule has 1 aliphatic heterocycles. The number of unbranched alkanes of at least 4 members (excludes halogenated alkanes) is 1. The fourth-order valence-electron chi connectivity index (χ4n) is 3.57. The van der Waals surface area contributed by atoms with Crippen LogP contribution in [0.25, 0.3) is 0 Å². The van der Waals surface area contributed by atoms with Gasteiger partial charge in [-0.2, -0.15) is 0 Å². The van der Waals surface area contributed by atoms with Gasteiger partial charge >= 0.3 is 0 Å². The number of aliphatic hydroxyl groups is 1. The Bertz CT molecular complexity index is 305. The molecule has 5 heteroatoms. The molecule has 125 valence electrons. The summed E-state index contributed by atoms with van der Waals surface area (Å²) in [5, 5.41) is 23.6. The van der Waals surface area contributed by atoms with Crippen molar-refractivity contribution >= 4 is 11.6 Å². The van der Waals surface area contributed by atoms with Crippen LogP contribution in [0.4, 0.5) is 0 Å². The standard InChI is InChI=1S/C16H32ClN2O2/c1-6-7-8-18(12-14(20)11-17)13-9-15(2,3)19(21)16(4,5)10-13/h13-14,20H,6-12H2,1-5H3. The van der Waals surface area contributed by atoms with Crippen LogP contribution in [0, 0.1) is 0 Å². The first-order chi connectivity index (χ1) is 9.64. The van der Waals surface area contributed by atoms with Crippen molar-refractivity contribution in [2.24, 2.45) is 0 Å². The highest BCUT2D eigenvalue weighted by Gasteiger charge is 2.47. The van der Waals surface area contributed by atoms with Crippen LogP contribution in [0.3, 0.4) is 0 Å². The number of aliphatic hydroxyl groups excluding tert-OH is 1. The molecule has 1 radical (unpaired) electrons. The predicted molar refractivity (Wildman–Crippen MR) is 86.9 cm³/mol. The number of piperidine rings is 1. The lowest BCUT2D eigenvalue weighted by Gasteiger charge is -2.52. The normalized spacial score (nSPS) is 24.4. The molecule has 1 aliphatic rings. The van der Waals surface area contributed by atoms with Gasteiger partial charge in [-0.1, -0.05) is 13.3 Å². The first kappa shape index (κ1) is 19.2. The van der Waals surface area contributed by atoms with Crippen molar-refractivity contribution in [3.05, 3.63) is 0 Å². The fraction of sp³-hybridized carbons (Fsp3) is 1.00. The van der Waals surface area contributed by atoms with Crippen LogP contribution in [0.2, 0.25) is 0 Å². The van der Waals surface area contributed by atoms with Crippen LogP contribution in [-0.2, 0) is 5.21 Å². The Balaban J connectivity index is 2.85. The molecule has 1 saturated heterocycles. The third kappa shape index (κ3) is 5.07. The summed E-state index contributed by atoms with van der Waals surface area (Å²) in [6.45, 7) is 11.8. The molecule has 1 fully saturated rings. The monoisotopic (exact) mass is 319 g/mol. The zero-order valence-corrected chi connectivity index (χ0v) is 15.0. The van der Waals surface area contributed by atoms with E-state index in [0.717, 1.165) is 32.2 Å². The summed E-state index contributed by atoms with van der Waals surface area (Å²) in [5.74, 6) is 0.260. The Hall–Kier alpha value is 0.130. The minimum absolute atomic E-state index is 0.260. The number of alkyl halides is 1. The molecular formula is C16H32ClN2O2. The summed E-state index contributed by atoms with van der Waals surface area (Å²) in [4.78, 5) is 2.34. The van der Waals surface area contributed by atoms with E-state index in [1.54, 1.807) is 0 Å². The molecule has 0 aromatic rings. The number of hydrogen-bond acceptors (Lipinski definition) is 3. The quantitative estimate of drug-likeness (QED) is 0.734. The van der Waals surface area contributed by atoms with Crippen molar-refractivity contribution in [2.75, 3.05) is 19.0 Å². The van der Waals surface area contributed by atoms with E-state index in [-0.39, 0.29) is 17.0 Å². The zero-order valence-electron chi connectivity index (χ0n) is 14.2. The highest BCUT2D eigenvalue weighted by atomic mass is 35.5. The van der Waals surface area contributed by atoms with Crippen molar-refractivity contribution in [3.63, 3.8) is 0 Å². The van der Waals surface area contributed by atoms with Gasteiger partial charge in [0, 0.05) is 29.5 Å². The Morgan fingerprint density at radius 1 is 1.29 bits per heavy atom. The Labute approximate surface area is 135 Å². The Morgan fingerprint density at radius 3 is 2.24 bits per heavy atom. The van der Waals surface area contributed by atoms with E-state index in [0.29, 0.717) is 12.6 Å². The highest BCUT2D eigenvalue weighted by molar-refractivity contribution is 6.18. The number of rotatable bonds is 7. The van der Waals surface area contributed by atoms with E-state index in [1.165, 1.54) is 5.06 Å². The van der Waals surface area contributed by atoms with Crippen molar-refractivity contribution < 1.29 is 10.3 Å². The topological polar surface area (TPSA) is 46.6 Å². The number of hydroxylamine groups is 2. The average Bonchev–Trinajstić information content (AvgIpc) is 2.39. The Kier molecular flexibility index (Phi) is 6.94. The van der Waals surface area contributed by atoms with Gasteiger partial charge in [0.1, 0.15) is 0 Å². The fourth-order valence-corrected chi connectivity index (χ4v) is 3.67. The maximum absolute atomic E-state index is 12.5. The molecule has 0 saturated carbocycles. The van der Waals surface area contributed by atoms with Gasteiger partial charge in [-0.3, -0.25) is 4.90 Å². The molecule has 4 nitrogen and oxygen atoms in total. The third-order valence-corrected chi connectivity index (χ3v) is 4.86. The molecule has 0 aromatic heterocycles. The second-order valence-corrected chi connectivity index (χ2v) is 7.95. The molecule has 1 heterocycles. The lowest BCUT2D eigenvalue weighted by Crippen LogP contribution is -2.63. The third-order valence-electron chi connectivity index (χ3n) is 4.51. The first-order valence-electron chi connectivity index (χ1n) is 8.09. The van der Waals surface area contributed by atoms with Crippen LogP contribution in [0.1, 0.15) is 60.3 Å². The molecule has 1 rings (SSSR count). The van der Waals surface area contributed by atoms with Crippen LogP contribution in [-0.4, -0.2) is 57.3 Å². The zero-order chi connectivity index (χ0) is 16.3. The minimum Gasteiger partial charge on any atom is -0.391 e. The maximum atomic E-state index is 12.5. The van der Waals surface area contributed by atoms with E-state index >= 15 is 0 Å². The molecule has 0 bridgehead atoms. The van der Waals surface area contributed by atoms with Crippen LogP contribution in [0.5, 0.6) is 0 Å². The molecule has 0 spiro atoms. The summed E-state index contributed by atoms with van der Waals surface area (Å²) >= 11 is 5.77. The maximum Gasteiger partial charge on any atom is 0.0802 e. The second kappa shape index (κ2) is 7.60. The molecule has 0 aliphatic carbocycles. The summed E-state index contributed by atoms with van der Waals surface area (Å²) in [6, 6.07) is 0.324. The van der Waals surface area contributed by atoms with Crippen molar-refractivity contribution in [3.8, 4) is 0 Å². The molecule has 1 atom stereocenters. The van der Waals surface area contributed by atoms with Crippen LogP contribution in [0.15, 0.2) is 0 Å². The van der Waals surface area contributed by atoms with Crippen molar-refractivity contribution in [1.82, 2.24) is 9.96 Å². The molecule has 1 N–H and O–H groups in total. The summed E-state index contributed by atoms with van der Waals surface area (Å²) < 4.78 is 0. The molecule has 21 heavy (non-hydrogen) atoms. The van der Waals surface area contributed by atoms with Gasteiger partial charge in [-0.05, 0) is 53.5 Å². The predicted octanol–water partition coefficient (Wildman–Crippen LogP) is 3.06. The smallest absolute Gasteiger partial charge is 0.0802 e. The van der Waals surface area contributed by atoms with E-state index in [4.69, 9.17) is 11.6 Å². The van der Waals surface area contributed by atoms with Gasteiger partial charge in [-0.25, -0.2) is 0 Å². The number of halogens is 1. The summed E-state index contributed by atoms with van der Waals surface area (Å²) in [7, 11) is 0. The average molecular weight is 320 g/mol. The van der Waals surface area contributed by atoms with Gasteiger partial charge in [0.25, 0.3) is 0 Å². The van der Waals surface area contributed by atoms with Crippen molar-refractivity contribution in [1.29, 1.82) is 0 Å². The van der Waals surface area contributed by atoms with Gasteiger partial charge < -0.3 is 5.11 Å². The van der Waals surface area contributed by atoms with E-state index in [9.17, 15) is 10.3 Å². The molecular weight excluding hydrogens is 288 g/mol. The second-order valence-electron chi connectivity index (χ2n) is 7.64. The molecule has 0 aromatic carbocycles. The van der Waals surface area contributed by atoms with Gasteiger partial charge in [0.05, 0.1) is 6.10 Å². The molecule has 1 unspecified atom stereocenters. The largest absolute Gasteiger partial charge is 0.391 e. The van der Waals surface area contributed by atoms with E-state index in [2.05, 4.69) is 11.8 Å². The van der Waals surface area contributed by atoms with E-state index < -0.39 is 6.10 Å². The lowest BCUT2D eigenvalue weighted by molar-refractivity contribution is -0.294. The highest BCUT2D eigenvalue weighted by Crippen LogP contribution is 2.39. The lowest BCUT2D eigenvalue weighted by atomic mass is 9.78. The number of hydrogen-bond donors (Lipinski definition) is 1. The first-order valence-corrected chi connectivity index (χ1v) is 8.63. The SMILES string of the molecule is CCCCN(CC(O)CCl)C1CC(C)(C)N([O])C(C)(C)C1. The van der Waals surface area contributed by atoms with E-state index in [1.807, 2.05) is 27.7 Å². The Morgan fingerprint density at radius 2 is 1.81 bits per heavy atom.